The van der Waals surface area contributed by atoms with Crippen LogP contribution in [0, 0.1) is 10.1 Å². The number of allylic oxidation sites excluding steroid dienone is 1. The van der Waals surface area contributed by atoms with E-state index in [-0.39, 0.29) is 16.4 Å². The lowest BCUT2D eigenvalue weighted by molar-refractivity contribution is -0.384. The van der Waals surface area contributed by atoms with Crippen molar-refractivity contribution in [3.05, 3.63) is 75.8 Å². The molecule has 1 heterocycles. The maximum Gasteiger partial charge on any atom is 0.269 e. The van der Waals surface area contributed by atoms with Gasteiger partial charge in [-0.2, -0.15) is 4.31 Å². The van der Waals surface area contributed by atoms with Crippen molar-refractivity contribution < 1.29 is 18.1 Å². The molecule has 0 unspecified atom stereocenters. The van der Waals surface area contributed by atoms with Crippen LogP contribution in [-0.4, -0.2) is 36.5 Å². The highest BCUT2D eigenvalue weighted by Gasteiger charge is 2.25. The van der Waals surface area contributed by atoms with Crippen LogP contribution < -0.4 is 0 Å². The average molecular weight is 400 g/mol. The number of non-ortho nitro benzene ring substituents is 1. The van der Waals surface area contributed by atoms with Crippen molar-refractivity contribution in [3.63, 3.8) is 0 Å². The molecule has 0 aromatic heterocycles. The minimum atomic E-state index is -3.52. The Morgan fingerprint density at radius 3 is 2.14 bits per heavy atom. The molecule has 0 atom stereocenters. The van der Waals surface area contributed by atoms with Crippen LogP contribution >= 0.6 is 0 Å². The maximum atomic E-state index is 12.6. The molecule has 28 heavy (non-hydrogen) atoms. The maximum absolute atomic E-state index is 12.6. The lowest BCUT2D eigenvalue weighted by Gasteiger charge is -2.25. The molecule has 0 aliphatic carbocycles. The molecular weight excluding hydrogens is 380 g/mol. The molecule has 1 saturated heterocycles. The largest absolute Gasteiger partial charge is 0.289 e. The molecule has 146 valence electrons. The van der Waals surface area contributed by atoms with E-state index in [1.165, 1.54) is 46.8 Å². The highest BCUT2D eigenvalue weighted by atomic mass is 32.2. The van der Waals surface area contributed by atoms with Gasteiger partial charge in [-0.3, -0.25) is 14.9 Å². The Kier molecular flexibility index (Phi) is 6.01. The van der Waals surface area contributed by atoms with Gasteiger partial charge in [0, 0.05) is 30.8 Å². The molecule has 0 bridgehead atoms. The lowest BCUT2D eigenvalue weighted by atomic mass is 10.1. The predicted octanol–water partition coefficient (Wildman–Crippen LogP) is 3.67. The van der Waals surface area contributed by atoms with Crippen LogP contribution in [0.2, 0.25) is 0 Å². The van der Waals surface area contributed by atoms with E-state index >= 15 is 0 Å². The zero-order chi connectivity index (χ0) is 20.1. The molecule has 1 fully saturated rings. The van der Waals surface area contributed by atoms with Gasteiger partial charge in [-0.05, 0) is 60.9 Å². The average Bonchev–Trinajstić information content (AvgIpc) is 2.73. The molecular formula is C20H20N2O5S. The first-order chi connectivity index (χ1) is 13.4. The molecule has 8 heteroatoms. The van der Waals surface area contributed by atoms with Crippen LogP contribution in [0.3, 0.4) is 0 Å². The van der Waals surface area contributed by atoms with Crippen LogP contribution in [0.1, 0.15) is 35.2 Å². The first-order valence-corrected chi connectivity index (χ1v) is 10.4. The SMILES string of the molecule is O=C(/C=C/c1ccc([N+](=O)[O-])cc1)c1ccc(S(=O)(=O)N2CCCCC2)cc1. The van der Waals surface area contributed by atoms with Crippen molar-refractivity contribution in [2.24, 2.45) is 0 Å². The number of hydrogen-bond acceptors (Lipinski definition) is 5. The number of nitro benzene ring substituents is 1. The molecule has 1 aliphatic heterocycles. The topological polar surface area (TPSA) is 97.6 Å². The van der Waals surface area contributed by atoms with Crippen LogP contribution in [0.5, 0.6) is 0 Å². The monoisotopic (exact) mass is 400 g/mol. The van der Waals surface area contributed by atoms with Crippen LogP contribution in [-0.2, 0) is 10.0 Å². The number of ketones is 1. The fourth-order valence-electron chi connectivity index (χ4n) is 3.02. The molecule has 0 spiro atoms. The summed E-state index contributed by atoms with van der Waals surface area (Å²) in [5, 5.41) is 10.6. The smallest absolute Gasteiger partial charge is 0.269 e. The van der Waals surface area contributed by atoms with Gasteiger partial charge in [-0.15, -0.1) is 0 Å². The van der Waals surface area contributed by atoms with E-state index in [1.54, 1.807) is 18.2 Å². The summed E-state index contributed by atoms with van der Waals surface area (Å²) < 4.78 is 26.8. The van der Waals surface area contributed by atoms with Gasteiger partial charge in [0.15, 0.2) is 5.78 Å². The Morgan fingerprint density at radius 2 is 1.57 bits per heavy atom. The number of benzene rings is 2. The number of nitrogens with zero attached hydrogens (tertiary/aromatic N) is 2. The Labute approximate surface area is 163 Å². The second kappa shape index (κ2) is 8.45. The van der Waals surface area contributed by atoms with E-state index in [1.807, 2.05) is 0 Å². The van der Waals surface area contributed by atoms with Gasteiger partial charge in [0.2, 0.25) is 10.0 Å². The summed E-state index contributed by atoms with van der Waals surface area (Å²) in [5.41, 5.74) is 1.01. The molecule has 7 nitrogen and oxygen atoms in total. The Morgan fingerprint density at radius 1 is 0.964 bits per heavy atom. The quantitative estimate of drug-likeness (QED) is 0.319. The van der Waals surface area contributed by atoms with Gasteiger partial charge in [-0.1, -0.05) is 12.5 Å². The van der Waals surface area contributed by atoms with Gasteiger partial charge >= 0.3 is 0 Å². The van der Waals surface area contributed by atoms with Gasteiger partial charge in [0.1, 0.15) is 0 Å². The van der Waals surface area contributed by atoms with E-state index in [9.17, 15) is 23.3 Å². The normalized spacial score (nSPS) is 15.6. The number of carbonyl (C=O) groups is 1. The summed E-state index contributed by atoms with van der Waals surface area (Å²) in [6.45, 7) is 1.06. The third kappa shape index (κ3) is 4.52. The Hall–Kier alpha value is -2.84. The summed E-state index contributed by atoms with van der Waals surface area (Å²) in [5.74, 6) is -0.278. The standard InChI is InChI=1S/C20H20N2O5S/c23-20(13-6-16-4-9-18(10-5-16)22(24)25)17-7-11-19(12-8-17)28(26,27)21-14-2-1-3-15-21/h4-13H,1-3,14-15H2/b13-6+. The number of rotatable bonds is 6. The molecule has 2 aromatic rings. The van der Waals surface area contributed by atoms with E-state index in [0.29, 0.717) is 24.2 Å². The van der Waals surface area contributed by atoms with Crippen LogP contribution in [0.4, 0.5) is 5.69 Å². The highest BCUT2D eigenvalue weighted by molar-refractivity contribution is 7.89. The van der Waals surface area contributed by atoms with Gasteiger partial charge in [0.25, 0.3) is 5.69 Å². The highest BCUT2D eigenvalue weighted by Crippen LogP contribution is 2.21. The lowest BCUT2D eigenvalue weighted by Crippen LogP contribution is -2.35. The molecule has 0 amide bonds. The summed E-state index contributed by atoms with van der Waals surface area (Å²) in [7, 11) is -3.52. The van der Waals surface area contributed by atoms with Crippen LogP contribution in [0.25, 0.3) is 6.08 Å². The number of sulfonamides is 1. The van der Waals surface area contributed by atoms with E-state index < -0.39 is 14.9 Å². The van der Waals surface area contributed by atoms with Crippen molar-refractivity contribution in [2.75, 3.05) is 13.1 Å². The third-order valence-corrected chi connectivity index (χ3v) is 6.54. The number of carbonyl (C=O) groups excluding carboxylic acids is 1. The first kappa shape index (κ1) is 19.9. The minimum absolute atomic E-state index is 0.0195. The van der Waals surface area contributed by atoms with Gasteiger partial charge in [0.05, 0.1) is 9.82 Å². The zero-order valence-corrected chi connectivity index (χ0v) is 16.0. The Balaban J connectivity index is 1.70. The second-order valence-corrected chi connectivity index (χ2v) is 8.47. The molecule has 0 saturated carbocycles. The third-order valence-electron chi connectivity index (χ3n) is 4.62. The second-order valence-electron chi connectivity index (χ2n) is 6.54. The fraction of sp³-hybridized carbons (Fsp3) is 0.250. The molecule has 0 N–H and O–H groups in total. The number of nitro groups is 1. The minimum Gasteiger partial charge on any atom is -0.289 e. The van der Waals surface area contributed by atoms with Crippen molar-refractivity contribution in [1.29, 1.82) is 0 Å². The summed E-state index contributed by atoms with van der Waals surface area (Å²) in [6.07, 6.45) is 5.69. The van der Waals surface area contributed by atoms with Crippen molar-refractivity contribution in [2.45, 2.75) is 24.2 Å². The van der Waals surface area contributed by atoms with E-state index in [2.05, 4.69) is 0 Å². The van der Waals surface area contributed by atoms with Crippen molar-refractivity contribution >= 4 is 27.6 Å². The zero-order valence-electron chi connectivity index (χ0n) is 15.2. The number of piperidine rings is 1. The Bertz CT molecular complexity index is 990. The fourth-order valence-corrected chi connectivity index (χ4v) is 4.54. The van der Waals surface area contributed by atoms with E-state index in [0.717, 1.165) is 19.3 Å². The summed E-state index contributed by atoms with van der Waals surface area (Å²) in [4.78, 5) is 22.6. The molecule has 1 aliphatic rings. The van der Waals surface area contributed by atoms with Crippen molar-refractivity contribution in [3.8, 4) is 0 Å². The first-order valence-electron chi connectivity index (χ1n) is 8.95. The molecule has 0 radical (unpaired) electrons. The molecule has 3 rings (SSSR count). The predicted molar refractivity (Wildman–Crippen MR) is 106 cm³/mol. The van der Waals surface area contributed by atoms with Crippen LogP contribution in [0.15, 0.2) is 59.5 Å². The number of hydrogen-bond donors (Lipinski definition) is 0. The summed E-state index contributed by atoms with van der Waals surface area (Å²) in [6, 6.07) is 11.7. The summed E-state index contributed by atoms with van der Waals surface area (Å²) >= 11 is 0. The van der Waals surface area contributed by atoms with Gasteiger partial charge in [-0.25, -0.2) is 8.42 Å². The van der Waals surface area contributed by atoms with E-state index in [4.69, 9.17) is 0 Å². The molecule has 2 aromatic carbocycles. The van der Waals surface area contributed by atoms with Gasteiger partial charge < -0.3 is 0 Å². The van der Waals surface area contributed by atoms with Crippen molar-refractivity contribution in [1.82, 2.24) is 4.31 Å².